The van der Waals surface area contributed by atoms with Crippen LogP contribution in [0.3, 0.4) is 0 Å². The largest absolute Gasteiger partial charge is 0.316 e. The molecule has 106 valence electrons. The van der Waals surface area contributed by atoms with Crippen molar-refractivity contribution in [2.45, 2.75) is 52.9 Å². The van der Waals surface area contributed by atoms with Crippen molar-refractivity contribution in [3.8, 4) is 0 Å². The van der Waals surface area contributed by atoms with E-state index in [0.717, 1.165) is 24.9 Å². The second-order valence-corrected chi connectivity index (χ2v) is 6.85. The maximum atomic E-state index is 3.59. The lowest BCUT2D eigenvalue weighted by atomic mass is 9.55. The molecular formula is C18H29N. The first kappa shape index (κ1) is 14.6. The predicted octanol–water partition coefficient (Wildman–Crippen LogP) is 4.22. The number of rotatable bonds is 5. The molecule has 0 spiro atoms. The van der Waals surface area contributed by atoms with E-state index in [4.69, 9.17) is 0 Å². The number of likely N-dealkylation sites (N-methyl/N-ethyl adjacent to an activating group) is 1. The molecule has 0 aliphatic heterocycles. The lowest BCUT2D eigenvalue weighted by Crippen LogP contribution is -2.50. The fourth-order valence-electron chi connectivity index (χ4n) is 3.54. The first-order valence-electron chi connectivity index (χ1n) is 7.76. The average Bonchev–Trinajstić information content (AvgIpc) is 2.25. The Morgan fingerprint density at radius 3 is 2.21 bits per heavy atom. The molecule has 0 bridgehead atoms. The third kappa shape index (κ3) is 3.02. The van der Waals surface area contributed by atoms with E-state index in [1.54, 1.807) is 5.56 Å². The number of hydrogen-bond acceptors (Lipinski definition) is 1. The summed E-state index contributed by atoms with van der Waals surface area (Å²) in [6.45, 7) is 13.6. The molecule has 0 aromatic heterocycles. The lowest BCUT2D eigenvalue weighted by Gasteiger charge is -2.50. The van der Waals surface area contributed by atoms with Gasteiger partial charge in [0, 0.05) is 12.0 Å². The molecule has 1 aromatic rings. The number of nitrogens with one attached hydrogen (secondary N) is 1. The molecule has 0 amide bonds. The third-order valence-corrected chi connectivity index (χ3v) is 4.80. The van der Waals surface area contributed by atoms with E-state index < -0.39 is 0 Å². The first-order valence-corrected chi connectivity index (χ1v) is 7.76. The highest BCUT2D eigenvalue weighted by atomic mass is 14.9. The molecule has 1 aromatic carbocycles. The molecule has 1 nitrogen and oxygen atoms in total. The van der Waals surface area contributed by atoms with Crippen LogP contribution < -0.4 is 5.32 Å². The molecule has 1 N–H and O–H groups in total. The maximum Gasteiger partial charge on any atom is 0.00834 e. The van der Waals surface area contributed by atoms with E-state index in [2.05, 4.69) is 58.1 Å². The molecule has 1 aliphatic carbocycles. The Morgan fingerprint density at radius 1 is 1.16 bits per heavy atom. The normalized spacial score (nSPS) is 26.5. The highest BCUT2D eigenvalue weighted by molar-refractivity contribution is 5.36. The van der Waals surface area contributed by atoms with Gasteiger partial charge in [0.15, 0.2) is 0 Å². The molecule has 1 fully saturated rings. The zero-order chi connectivity index (χ0) is 14.0. The Morgan fingerprint density at radius 2 is 1.74 bits per heavy atom. The van der Waals surface area contributed by atoms with Gasteiger partial charge in [-0.05, 0) is 50.6 Å². The van der Waals surface area contributed by atoms with E-state index in [-0.39, 0.29) is 0 Å². The summed E-state index contributed by atoms with van der Waals surface area (Å²) in [7, 11) is 0. The maximum absolute atomic E-state index is 3.59. The minimum atomic E-state index is 0.391. The Balaban J connectivity index is 2.23. The van der Waals surface area contributed by atoms with Gasteiger partial charge in [-0.3, -0.25) is 0 Å². The summed E-state index contributed by atoms with van der Waals surface area (Å²) in [6, 6.07) is 7.09. The first-order chi connectivity index (χ1) is 8.97. The zero-order valence-electron chi connectivity index (χ0n) is 13.2. The van der Waals surface area contributed by atoms with Gasteiger partial charge < -0.3 is 5.32 Å². The van der Waals surface area contributed by atoms with Gasteiger partial charge in [-0.25, -0.2) is 0 Å². The summed E-state index contributed by atoms with van der Waals surface area (Å²) in [4.78, 5) is 0. The van der Waals surface area contributed by atoms with Crippen molar-refractivity contribution in [1.82, 2.24) is 5.32 Å². The van der Waals surface area contributed by atoms with Gasteiger partial charge in [0.2, 0.25) is 0 Å². The van der Waals surface area contributed by atoms with E-state index in [1.807, 2.05) is 0 Å². The summed E-state index contributed by atoms with van der Waals surface area (Å²) in [5, 5.41) is 3.59. The van der Waals surface area contributed by atoms with Crippen LogP contribution in [0.4, 0.5) is 0 Å². The highest BCUT2D eigenvalue weighted by Gasteiger charge is 2.45. The standard InChI is InChI=1S/C18H29N/c1-6-19-12-18(10-16(11-18)13(2)3)17-8-14(4)7-15(5)9-17/h7-9,13,16,19H,6,10-12H2,1-5H3. The molecule has 0 unspecified atom stereocenters. The van der Waals surface area contributed by atoms with Crippen molar-refractivity contribution in [3.63, 3.8) is 0 Å². The topological polar surface area (TPSA) is 12.0 Å². The van der Waals surface area contributed by atoms with Gasteiger partial charge in [0.05, 0.1) is 0 Å². The van der Waals surface area contributed by atoms with Crippen LogP contribution in [0, 0.1) is 25.7 Å². The monoisotopic (exact) mass is 259 g/mol. The fraction of sp³-hybridized carbons (Fsp3) is 0.667. The summed E-state index contributed by atoms with van der Waals surface area (Å²) in [6.07, 6.45) is 2.70. The molecule has 2 rings (SSSR count). The smallest absolute Gasteiger partial charge is 0.00834 e. The van der Waals surface area contributed by atoms with Crippen molar-refractivity contribution < 1.29 is 0 Å². The summed E-state index contributed by atoms with van der Waals surface area (Å²) >= 11 is 0. The Bertz CT molecular complexity index is 407. The second kappa shape index (κ2) is 5.66. The number of aryl methyl sites for hydroxylation is 2. The van der Waals surface area contributed by atoms with Crippen molar-refractivity contribution in [2.75, 3.05) is 13.1 Å². The fourth-order valence-corrected chi connectivity index (χ4v) is 3.54. The van der Waals surface area contributed by atoms with Gasteiger partial charge in [0.25, 0.3) is 0 Å². The van der Waals surface area contributed by atoms with Gasteiger partial charge in [0.1, 0.15) is 0 Å². The lowest BCUT2D eigenvalue weighted by molar-refractivity contribution is 0.0981. The van der Waals surface area contributed by atoms with Gasteiger partial charge in [-0.1, -0.05) is 50.1 Å². The van der Waals surface area contributed by atoms with E-state index >= 15 is 0 Å². The number of hydrogen-bond donors (Lipinski definition) is 1. The molecule has 0 heterocycles. The summed E-state index contributed by atoms with van der Waals surface area (Å²) in [5.74, 6) is 1.72. The molecule has 0 atom stereocenters. The van der Waals surface area contributed by atoms with Gasteiger partial charge in [-0.15, -0.1) is 0 Å². The van der Waals surface area contributed by atoms with E-state index in [1.165, 1.54) is 24.0 Å². The minimum absolute atomic E-state index is 0.391. The van der Waals surface area contributed by atoms with Crippen molar-refractivity contribution in [3.05, 3.63) is 34.9 Å². The third-order valence-electron chi connectivity index (χ3n) is 4.80. The molecule has 0 radical (unpaired) electrons. The average molecular weight is 259 g/mol. The number of benzene rings is 1. The SMILES string of the molecule is CCNCC1(c2cc(C)cc(C)c2)CC(C(C)C)C1. The molecule has 0 saturated heterocycles. The molecule has 1 heteroatoms. The summed E-state index contributed by atoms with van der Waals surface area (Å²) < 4.78 is 0. The van der Waals surface area contributed by atoms with Crippen LogP contribution in [-0.2, 0) is 5.41 Å². The van der Waals surface area contributed by atoms with Crippen molar-refractivity contribution >= 4 is 0 Å². The van der Waals surface area contributed by atoms with Crippen LogP contribution in [0.5, 0.6) is 0 Å². The van der Waals surface area contributed by atoms with Crippen LogP contribution >= 0.6 is 0 Å². The Kier molecular flexibility index (Phi) is 4.35. The van der Waals surface area contributed by atoms with Crippen molar-refractivity contribution in [2.24, 2.45) is 11.8 Å². The molecule has 1 saturated carbocycles. The Labute approximate surface area is 118 Å². The van der Waals surface area contributed by atoms with E-state index in [0.29, 0.717) is 5.41 Å². The van der Waals surface area contributed by atoms with Crippen LogP contribution in [-0.4, -0.2) is 13.1 Å². The van der Waals surface area contributed by atoms with Gasteiger partial charge >= 0.3 is 0 Å². The second-order valence-electron chi connectivity index (χ2n) is 6.85. The molecular weight excluding hydrogens is 230 g/mol. The molecule has 1 aliphatic rings. The summed E-state index contributed by atoms with van der Waals surface area (Å²) in [5.41, 5.74) is 4.75. The van der Waals surface area contributed by atoms with Crippen LogP contribution in [0.25, 0.3) is 0 Å². The van der Waals surface area contributed by atoms with E-state index in [9.17, 15) is 0 Å². The van der Waals surface area contributed by atoms with Crippen LogP contribution in [0.15, 0.2) is 18.2 Å². The highest BCUT2D eigenvalue weighted by Crippen LogP contribution is 2.50. The van der Waals surface area contributed by atoms with Crippen molar-refractivity contribution in [1.29, 1.82) is 0 Å². The van der Waals surface area contributed by atoms with Crippen LogP contribution in [0.1, 0.15) is 50.3 Å². The Hall–Kier alpha value is -0.820. The van der Waals surface area contributed by atoms with Gasteiger partial charge in [-0.2, -0.15) is 0 Å². The minimum Gasteiger partial charge on any atom is -0.316 e. The van der Waals surface area contributed by atoms with Crippen LogP contribution in [0.2, 0.25) is 0 Å². The zero-order valence-corrected chi connectivity index (χ0v) is 13.2. The molecule has 19 heavy (non-hydrogen) atoms. The quantitative estimate of drug-likeness (QED) is 0.835. The predicted molar refractivity (Wildman–Crippen MR) is 83.7 cm³/mol.